The molecule has 1 atom stereocenters. The second-order valence-electron chi connectivity index (χ2n) is 4.72. The highest BCUT2D eigenvalue weighted by Crippen LogP contribution is 2.44. The van der Waals surface area contributed by atoms with Gasteiger partial charge in [0.05, 0.1) is 5.70 Å². The van der Waals surface area contributed by atoms with E-state index in [-0.39, 0.29) is 5.41 Å². The van der Waals surface area contributed by atoms with Crippen molar-refractivity contribution in [1.82, 2.24) is 0 Å². The fourth-order valence-corrected chi connectivity index (χ4v) is 2.01. The van der Waals surface area contributed by atoms with Gasteiger partial charge in [0, 0.05) is 23.1 Å². The molecule has 2 aliphatic carbocycles. The molecule has 1 nitrogen and oxygen atoms in total. The summed E-state index contributed by atoms with van der Waals surface area (Å²) in [6, 6.07) is 0. The van der Waals surface area contributed by atoms with Crippen molar-refractivity contribution in [3.05, 3.63) is 47.2 Å². The summed E-state index contributed by atoms with van der Waals surface area (Å²) < 4.78 is 0. The van der Waals surface area contributed by atoms with Gasteiger partial charge in [-0.1, -0.05) is 38.2 Å². The van der Waals surface area contributed by atoms with Crippen molar-refractivity contribution in [2.24, 2.45) is 16.3 Å². The van der Waals surface area contributed by atoms with Gasteiger partial charge in [-0.05, 0) is 11.6 Å². The fraction of sp³-hybridized carbons (Fsp3) is 0.308. The number of nitrogens with zero attached hydrogens (tertiary/aromatic N) is 1. The Morgan fingerprint density at radius 2 is 2.21 bits per heavy atom. The van der Waals surface area contributed by atoms with Crippen LogP contribution in [-0.4, -0.2) is 6.21 Å². The van der Waals surface area contributed by atoms with Crippen LogP contribution in [0.15, 0.2) is 52.2 Å². The molecule has 0 bridgehead atoms. The van der Waals surface area contributed by atoms with Gasteiger partial charge in [0.1, 0.15) is 0 Å². The lowest BCUT2D eigenvalue weighted by Gasteiger charge is -2.17. The molecular formula is C13H13N. The van der Waals surface area contributed by atoms with Crippen LogP contribution in [0.2, 0.25) is 0 Å². The van der Waals surface area contributed by atoms with E-state index in [1.165, 1.54) is 11.1 Å². The van der Waals surface area contributed by atoms with Gasteiger partial charge in [-0.25, -0.2) is 0 Å². The first-order valence-electron chi connectivity index (χ1n) is 5.05. The van der Waals surface area contributed by atoms with E-state index in [2.05, 4.69) is 49.2 Å². The van der Waals surface area contributed by atoms with Gasteiger partial charge in [0.2, 0.25) is 0 Å². The second-order valence-corrected chi connectivity index (χ2v) is 4.72. The van der Waals surface area contributed by atoms with Gasteiger partial charge < -0.3 is 0 Å². The number of hydrogen-bond donors (Lipinski definition) is 0. The Morgan fingerprint density at radius 3 is 3.07 bits per heavy atom. The van der Waals surface area contributed by atoms with E-state index in [1.807, 2.05) is 6.21 Å². The molecule has 1 aliphatic heterocycles. The first kappa shape index (κ1) is 7.98. The summed E-state index contributed by atoms with van der Waals surface area (Å²) >= 11 is 0. The summed E-state index contributed by atoms with van der Waals surface area (Å²) in [6.07, 6.45) is 13.1. The molecule has 70 valence electrons. The Kier molecular flexibility index (Phi) is 1.34. The Balaban J connectivity index is 2.15. The van der Waals surface area contributed by atoms with Crippen molar-refractivity contribution in [1.29, 1.82) is 0 Å². The molecule has 3 aliphatic rings. The van der Waals surface area contributed by atoms with Gasteiger partial charge in [-0.3, -0.25) is 4.99 Å². The molecule has 0 aromatic heterocycles. The average Bonchev–Trinajstić information content (AvgIpc) is 2.85. The van der Waals surface area contributed by atoms with E-state index >= 15 is 0 Å². The number of aliphatic imine (C=N–C) groups is 1. The van der Waals surface area contributed by atoms with Crippen LogP contribution in [0, 0.1) is 11.3 Å². The maximum absolute atomic E-state index is 4.46. The minimum atomic E-state index is 0.147. The number of allylic oxidation sites excluding steroid dienone is 6. The lowest BCUT2D eigenvalue weighted by Crippen LogP contribution is -2.05. The van der Waals surface area contributed by atoms with Crippen molar-refractivity contribution in [3.63, 3.8) is 0 Å². The van der Waals surface area contributed by atoms with Crippen LogP contribution in [-0.2, 0) is 0 Å². The normalized spacial score (nSPS) is 30.7. The quantitative estimate of drug-likeness (QED) is 0.547. The van der Waals surface area contributed by atoms with Crippen LogP contribution in [0.3, 0.4) is 0 Å². The van der Waals surface area contributed by atoms with Crippen molar-refractivity contribution in [3.8, 4) is 0 Å². The topological polar surface area (TPSA) is 12.4 Å². The summed E-state index contributed by atoms with van der Waals surface area (Å²) in [5.74, 6) is 0.535. The van der Waals surface area contributed by atoms with E-state index in [0.29, 0.717) is 5.92 Å². The van der Waals surface area contributed by atoms with Crippen molar-refractivity contribution >= 4 is 6.21 Å². The minimum Gasteiger partial charge on any atom is -0.260 e. The SMILES string of the molecule is CC1(C)C=CC=C2N=CC3C=C3C2=C1. The Labute approximate surface area is 84.2 Å². The summed E-state index contributed by atoms with van der Waals surface area (Å²) in [4.78, 5) is 4.46. The maximum atomic E-state index is 4.46. The van der Waals surface area contributed by atoms with Gasteiger partial charge in [0.15, 0.2) is 0 Å². The van der Waals surface area contributed by atoms with E-state index in [9.17, 15) is 0 Å². The Hall–Kier alpha value is -1.37. The van der Waals surface area contributed by atoms with Crippen LogP contribution in [0.5, 0.6) is 0 Å². The summed E-state index contributed by atoms with van der Waals surface area (Å²) in [5, 5.41) is 0. The lowest BCUT2D eigenvalue weighted by molar-refractivity contribution is 0.623. The van der Waals surface area contributed by atoms with Crippen LogP contribution >= 0.6 is 0 Å². The molecule has 0 radical (unpaired) electrons. The molecule has 3 rings (SSSR count). The molecular weight excluding hydrogens is 170 g/mol. The highest BCUT2D eigenvalue weighted by molar-refractivity contribution is 5.84. The Morgan fingerprint density at radius 1 is 1.36 bits per heavy atom. The predicted octanol–water partition coefficient (Wildman–Crippen LogP) is 3.03. The zero-order valence-corrected chi connectivity index (χ0v) is 8.49. The van der Waals surface area contributed by atoms with E-state index in [4.69, 9.17) is 0 Å². The molecule has 1 heteroatoms. The Bertz CT molecular complexity index is 442. The third-order valence-corrected chi connectivity index (χ3v) is 2.87. The highest BCUT2D eigenvalue weighted by atomic mass is 14.8. The van der Waals surface area contributed by atoms with Crippen LogP contribution in [0.1, 0.15) is 13.8 Å². The lowest BCUT2D eigenvalue weighted by atomic mass is 9.89. The van der Waals surface area contributed by atoms with Crippen molar-refractivity contribution < 1.29 is 0 Å². The monoisotopic (exact) mass is 183 g/mol. The van der Waals surface area contributed by atoms with Gasteiger partial charge >= 0.3 is 0 Å². The first-order valence-corrected chi connectivity index (χ1v) is 5.05. The van der Waals surface area contributed by atoms with Crippen molar-refractivity contribution in [2.75, 3.05) is 0 Å². The zero-order valence-electron chi connectivity index (χ0n) is 8.49. The van der Waals surface area contributed by atoms with Crippen LogP contribution < -0.4 is 0 Å². The molecule has 1 heterocycles. The van der Waals surface area contributed by atoms with Gasteiger partial charge in [-0.15, -0.1) is 0 Å². The third-order valence-electron chi connectivity index (χ3n) is 2.87. The smallest absolute Gasteiger partial charge is 0.0698 e. The number of hydrogen-bond acceptors (Lipinski definition) is 1. The van der Waals surface area contributed by atoms with Crippen molar-refractivity contribution in [2.45, 2.75) is 13.8 Å². The summed E-state index contributed by atoms with van der Waals surface area (Å²) in [7, 11) is 0. The molecule has 0 fully saturated rings. The molecule has 0 saturated carbocycles. The van der Waals surface area contributed by atoms with Gasteiger partial charge in [-0.2, -0.15) is 0 Å². The van der Waals surface area contributed by atoms with Crippen LogP contribution in [0.25, 0.3) is 0 Å². The van der Waals surface area contributed by atoms with Gasteiger partial charge in [0.25, 0.3) is 0 Å². The zero-order chi connectivity index (χ0) is 9.76. The predicted molar refractivity (Wildman–Crippen MR) is 59.2 cm³/mol. The molecule has 14 heavy (non-hydrogen) atoms. The number of fused-ring (bicyclic) bond motifs is 3. The molecule has 0 saturated heterocycles. The average molecular weight is 183 g/mol. The summed E-state index contributed by atoms with van der Waals surface area (Å²) in [5.41, 5.74) is 4.07. The highest BCUT2D eigenvalue weighted by Gasteiger charge is 2.33. The molecule has 1 unspecified atom stereocenters. The molecule has 0 aromatic carbocycles. The third kappa shape index (κ3) is 1.12. The largest absolute Gasteiger partial charge is 0.260 e. The molecule has 0 aromatic rings. The number of rotatable bonds is 0. The minimum absolute atomic E-state index is 0.147. The first-order chi connectivity index (χ1) is 6.66. The standard InChI is InChI=1S/C13H13N/c1-13(2)5-3-4-12-11(7-13)10-6-9(10)8-14-12/h3-9H,1-2H3. The molecule has 0 N–H and O–H groups in total. The second kappa shape index (κ2) is 2.35. The molecule has 0 amide bonds. The van der Waals surface area contributed by atoms with E-state index in [0.717, 1.165) is 5.70 Å². The fourth-order valence-electron chi connectivity index (χ4n) is 2.01. The maximum Gasteiger partial charge on any atom is 0.0698 e. The summed E-state index contributed by atoms with van der Waals surface area (Å²) in [6.45, 7) is 4.45. The van der Waals surface area contributed by atoms with Crippen LogP contribution in [0.4, 0.5) is 0 Å². The van der Waals surface area contributed by atoms with E-state index < -0.39 is 0 Å². The molecule has 0 spiro atoms. The van der Waals surface area contributed by atoms with E-state index in [1.54, 1.807) is 0 Å².